The number of carbonyl (C=O) groups excluding carboxylic acids is 4. The van der Waals surface area contributed by atoms with Gasteiger partial charge in [0, 0.05) is 12.0 Å². The topological polar surface area (TPSA) is 111 Å². The molecule has 0 heterocycles. The van der Waals surface area contributed by atoms with Gasteiger partial charge in [-0.2, -0.15) is 0 Å². The maximum Gasteiger partial charge on any atom is 0.408 e. The van der Waals surface area contributed by atoms with Crippen LogP contribution in [0.2, 0.25) is 0 Å². The molecule has 0 aromatic carbocycles. The quantitative estimate of drug-likeness (QED) is 0.532. The fraction of sp³-hybridized carbons (Fsp3) is 0.615. The molecule has 2 N–H and O–H groups in total. The molecule has 0 aromatic rings. The molecule has 2 rings (SSSR count). The predicted octanol–water partition coefficient (Wildman–Crippen LogP) is 5.28. The highest BCUT2D eigenvalue weighted by molar-refractivity contribution is 6.08. The van der Waals surface area contributed by atoms with E-state index in [4.69, 9.17) is 9.47 Å². The van der Waals surface area contributed by atoms with Gasteiger partial charge in [0.2, 0.25) is 0 Å². The molecule has 0 aromatic heterocycles. The number of carbonyl (C=O) groups is 4. The molecule has 2 aliphatic rings. The van der Waals surface area contributed by atoms with E-state index in [1.807, 2.05) is 19.9 Å². The minimum atomic E-state index is -0.543. The van der Waals surface area contributed by atoms with Crippen molar-refractivity contribution in [2.24, 2.45) is 5.92 Å². The third kappa shape index (κ3) is 13.6. The Kier molecular flexibility index (Phi) is 13.4. The van der Waals surface area contributed by atoms with Gasteiger partial charge in [-0.3, -0.25) is 9.59 Å². The van der Waals surface area contributed by atoms with E-state index in [2.05, 4.69) is 10.6 Å². The van der Waals surface area contributed by atoms with Crippen molar-refractivity contribution in [2.75, 3.05) is 0 Å². The fourth-order valence-corrected chi connectivity index (χ4v) is 2.78. The molecule has 34 heavy (non-hydrogen) atoms. The number of amides is 2. The van der Waals surface area contributed by atoms with Crippen LogP contribution in [0.4, 0.5) is 9.59 Å². The Hall–Kier alpha value is -2.90. The Morgan fingerprint density at radius 3 is 1.82 bits per heavy atom. The van der Waals surface area contributed by atoms with Crippen LogP contribution in [0.5, 0.6) is 0 Å². The molecule has 2 atom stereocenters. The second-order valence-electron chi connectivity index (χ2n) is 10.00. The maximum absolute atomic E-state index is 11.6. The number of ether oxygens (including phenoxy) is 2. The van der Waals surface area contributed by atoms with Crippen LogP contribution in [0.1, 0.15) is 76.7 Å². The number of alkyl carbamates (subject to hydrolysis) is 2. The second-order valence-corrected chi connectivity index (χ2v) is 10.00. The number of allylic oxidation sites excluding steroid dienone is 3. The molecule has 0 saturated carbocycles. The Morgan fingerprint density at radius 1 is 0.912 bits per heavy atom. The van der Waals surface area contributed by atoms with E-state index in [0.717, 1.165) is 0 Å². The lowest BCUT2D eigenvalue weighted by molar-refractivity contribution is -0.114. The van der Waals surface area contributed by atoms with Crippen molar-refractivity contribution in [3.63, 3.8) is 0 Å². The zero-order valence-electron chi connectivity index (χ0n) is 20.3. The summed E-state index contributed by atoms with van der Waals surface area (Å²) in [6.45, 7) is 14.8. The standard InChI is InChI=1S/C14H21NO3.C10H15NO3.2CH4/c1-9(2)8-10-11(6-7-12(10)16)15-13(17)18-14(3,4)5;1-10(2,3)14-9(13)11-7-4-5-8(12)6-7;;/h6-9,11H,1-5H3,(H,15,17);4-5,7H,6H2,1-3H3,(H,11,13);2*1H4/b10-8+;;;/t11-;7-;;/m00../s1. The van der Waals surface area contributed by atoms with Crippen molar-refractivity contribution in [1.82, 2.24) is 10.6 Å². The van der Waals surface area contributed by atoms with Gasteiger partial charge in [-0.25, -0.2) is 9.59 Å². The first-order valence-electron chi connectivity index (χ1n) is 10.7. The lowest BCUT2D eigenvalue weighted by Gasteiger charge is -2.21. The van der Waals surface area contributed by atoms with Crippen LogP contribution in [0.25, 0.3) is 0 Å². The van der Waals surface area contributed by atoms with Gasteiger partial charge < -0.3 is 20.1 Å². The third-order valence-electron chi connectivity index (χ3n) is 3.88. The van der Waals surface area contributed by atoms with Gasteiger partial charge in [-0.05, 0) is 59.6 Å². The molecule has 8 nitrogen and oxygen atoms in total. The highest BCUT2D eigenvalue weighted by Gasteiger charge is 2.27. The van der Waals surface area contributed by atoms with Crippen molar-refractivity contribution in [2.45, 2.75) is 99.9 Å². The first-order chi connectivity index (χ1) is 14.6. The number of rotatable bonds is 3. The first-order valence-corrected chi connectivity index (χ1v) is 10.7. The van der Waals surface area contributed by atoms with Gasteiger partial charge >= 0.3 is 12.2 Å². The third-order valence-corrected chi connectivity index (χ3v) is 3.88. The second kappa shape index (κ2) is 13.7. The average molecular weight is 481 g/mol. The SMILES string of the molecule is C.C.CC(C)(C)OC(=O)N[C@H]1C=CC(=O)C1.CC(C)/C=C1/C(=O)C=C[C@@H]1NC(=O)OC(C)(C)C. The Labute approximate surface area is 205 Å². The first kappa shape index (κ1) is 33.3. The molecule has 8 heteroatoms. The van der Waals surface area contributed by atoms with Crippen molar-refractivity contribution in [3.8, 4) is 0 Å². The van der Waals surface area contributed by atoms with E-state index in [1.165, 1.54) is 12.2 Å². The molecular formula is C26H44N2O6. The van der Waals surface area contributed by atoms with Crippen LogP contribution in [0.3, 0.4) is 0 Å². The molecule has 0 radical (unpaired) electrons. The van der Waals surface area contributed by atoms with Crippen LogP contribution in [0.15, 0.2) is 36.0 Å². The maximum atomic E-state index is 11.6. The lowest BCUT2D eigenvalue weighted by atomic mass is 10.0. The Morgan fingerprint density at radius 2 is 1.41 bits per heavy atom. The number of nitrogens with one attached hydrogen (secondary N) is 2. The van der Waals surface area contributed by atoms with Crippen LogP contribution in [0, 0.1) is 5.92 Å². The largest absolute Gasteiger partial charge is 0.444 e. The minimum Gasteiger partial charge on any atom is -0.444 e. The summed E-state index contributed by atoms with van der Waals surface area (Å²) in [4.78, 5) is 45.4. The molecular weight excluding hydrogens is 436 g/mol. The monoisotopic (exact) mass is 480 g/mol. The number of ketones is 2. The summed E-state index contributed by atoms with van der Waals surface area (Å²) in [6, 6.07) is -0.591. The lowest BCUT2D eigenvalue weighted by Crippen LogP contribution is -2.38. The molecule has 2 aliphatic carbocycles. The van der Waals surface area contributed by atoms with Crippen molar-refractivity contribution in [3.05, 3.63) is 36.0 Å². The van der Waals surface area contributed by atoms with Gasteiger partial charge in [0.25, 0.3) is 0 Å². The highest BCUT2D eigenvalue weighted by atomic mass is 16.6. The molecule has 0 fully saturated rings. The Bertz CT molecular complexity index is 810. The highest BCUT2D eigenvalue weighted by Crippen LogP contribution is 2.18. The molecule has 0 aliphatic heterocycles. The molecule has 0 bridgehead atoms. The Balaban J connectivity index is 0. The van der Waals surface area contributed by atoms with Gasteiger partial charge in [0.15, 0.2) is 11.6 Å². The van der Waals surface area contributed by atoms with Crippen LogP contribution in [-0.2, 0) is 19.1 Å². The van der Waals surface area contributed by atoms with Crippen molar-refractivity contribution in [1.29, 1.82) is 0 Å². The van der Waals surface area contributed by atoms with Crippen LogP contribution >= 0.6 is 0 Å². The fourth-order valence-electron chi connectivity index (χ4n) is 2.78. The van der Waals surface area contributed by atoms with Gasteiger partial charge in [-0.1, -0.05) is 46.9 Å². The molecule has 0 spiro atoms. The summed E-state index contributed by atoms with van der Waals surface area (Å²) < 4.78 is 10.2. The number of hydrogen-bond donors (Lipinski definition) is 2. The summed E-state index contributed by atoms with van der Waals surface area (Å²) >= 11 is 0. The van der Waals surface area contributed by atoms with Crippen molar-refractivity contribution >= 4 is 23.8 Å². The van der Waals surface area contributed by atoms with E-state index in [9.17, 15) is 19.2 Å². The molecule has 0 saturated heterocycles. The van der Waals surface area contributed by atoms with E-state index in [-0.39, 0.29) is 44.4 Å². The zero-order valence-corrected chi connectivity index (χ0v) is 20.3. The average Bonchev–Trinajstić information content (AvgIpc) is 3.11. The van der Waals surface area contributed by atoms with Gasteiger partial charge in [0.1, 0.15) is 11.2 Å². The number of hydrogen-bond acceptors (Lipinski definition) is 6. The zero-order chi connectivity index (χ0) is 24.7. The molecule has 2 amide bonds. The van der Waals surface area contributed by atoms with E-state index >= 15 is 0 Å². The van der Waals surface area contributed by atoms with E-state index in [1.54, 1.807) is 53.7 Å². The summed E-state index contributed by atoms with van der Waals surface area (Å²) in [7, 11) is 0. The minimum absolute atomic E-state index is 0. The van der Waals surface area contributed by atoms with E-state index < -0.39 is 23.4 Å². The predicted molar refractivity (Wildman–Crippen MR) is 136 cm³/mol. The van der Waals surface area contributed by atoms with Crippen molar-refractivity contribution < 1.29 is 28.7 Å². The van der Waals surface area contributed by atoms with Gasteiger partial charge in [-0.15, -0.1) is 0 Å². The summed E-state index contributed by atoms with van der Waals surface area (Å²) in [5.74, 6) is 0.239. The van der Waals surface area contributed by atoms with Gasteiger partial charge in [0.05, 0.1) is 12.1 Å². The van der Waals surface area contributed by atoms with E-state index in [0.29, 0.717) is 12.0 Å². The molecule has 0 unspecified atom stereocenters. The normalized spacial score (nSPS) is 20.2. The van der Waals surface area contributed by atoms with Crippen LogP contribution in [-0.4, -0.2) is 47.0 Å². The summed E-state index contributed by atoms with van der Waals surface area (Å²) in [5.41, 5.74) is -0.440. The van der Waals surface area contributed by atoms with Crippen LogP contribution < -0.4 is 10.6 Å². The summed E-state index contributed by atoms with van der Waals surface area (Å²) in [5, 5.41) is 5.28. The molecule has 194 valence electrons. The summed E-state index contributed by atoms with van der Waals surface area (Å²) in [6.07, 6.45) is 7.51. The smallest absolute Gasteiger partial charge is 0.408 e.